The summed E-state index contributed by atoms with van der Waals surface area (Å²) >= 11 is 0. The van der Waals surface area contributed by atoms with E-state index in [9.17, 15) is 8.78 Å². The molecule has 31 heavy (non-hydrogen) atoms. The minimum absolute atomic E-state index is 0.127. The molecule has 0 spiro atoms. The van der Waals surface area contributed by atoms with Gasteiger partial charge in [0.25, 0.3) is 0 Å². The Morgan fingerprint density at radius 3 is 2.55 bits per heavy atom. The molecule has 0 amide bonds. The molecule has 3 nitrogen and oxygen atoms in total. The summed E-state index contributed by atoms with van der Waals surface area (Å²) in [4.78, 5) is 5.08. The first-order chi connectivity index (χ1) is 15.1. The van der Waals surface area contributed by atoms with Crippen LogP contribution in [0.1, 0.15) is 50.2 Å². The molecule has 0 saturated carbocycles. The lowest BCUT2D eigenvalue weighted by atomic mass is 9.90. The number of piperidine rings is 1. The zero-order chi connectivity index (χ0) is 21.4. The van der Waals surface area contributed by atoms with Crippen molar-refractivity contribution in [2.45, 2.75) is 64.1 Å². The van der Waals surface area contributed by atoms with Gasteiger partial charge < -0.3 is 10.2 Å². The normalized spacial score (nSPS) is 23.6. The second-order valence-electron chi connectivity index (χ2n) is 9.68. The van der Waals surface area contributed by atoms with Gasteiger partial charge >= 0.3 is 0 Å². The van der Waals surface area contributed by atoms with Crippen molar-refractivity contribution in [1.82, 2.24) is 4.90 Å². The zero-order valence-corrected chi connectivity index (χ0v) is 18.4. The van der Waals surface area contributed by atoms with E-state index in [0.29, 0.717) is 6.04 Å². The van der Waals surface area contributed by atoms with E-state index >= 15 is 0 Å². The van der Waals surface area contributed by atoms with Crippen molar-refractivity contribution in [3.05, 3.63) is 59.2 Å². The number of hydrogen-bond acceptors (Lipinski definition) is 3. The Morgan fingerprint density at radius 2 is 1.77 bits per heavy atom. The van der Waals surface area contributed by atoms with Gasteiger partial charge in [0.2, 0.25) is 0 Å². The average Bonchev–Trinajstić information content (AvgIpc) is 3.12. The molecule has 2 aromatic rings. The van der Waals surface area contributed by atoms with E-state index in [-0.39, 0.29) is 17.8 Å². The molecule has 0 bridgehead atoms. The summed E-state index contributed by atoms with van der Waals surface area (Å²) in [6.07, 6.45) is 8.26. The number of benzene rings is 2. The second-order valence-corrected chi connectivity index (χ2v) is 9.68. The molecule has 5 heteroatoms. The molecule has 1 saturated heterocycles. The van der Waals surface area contributed by atoms with Crippen LogP contribution in [0.15, 0.2) is 36.4 Å². The molecule has 2 atom stereocenters. The molecular formula is C26H33F2N3. The Balaban J connectivity index is 1.12. The molecule has 3 aliphatic rings. The molecular weight excluding hydrogens is 392 g/mol. The third-order valence-electron chi connectivity index (χ3n) is 7.51. The van der Waals surface area contributed by atoms with Crippen LogP contribution in [0, 0.1) is 17.6 Å². The maximum absolute atomic E-state index is 14.0. The van der Waals surface area contributed by atoms with Gasteiger partial charge in [-0.1, -0.05) is 18.6 Å². The van der Waals surface area contributed by atoms with Crippen LogP contribution in [0.5, 0.6) is 0 Å². The topological polar surface area (TPSA) is 18.5 Å². The van der Waals surface area contributed by atoms with Crippen LogP contribution in [0.4, 0.5) is 20.2 Å². The fourth-order valence-electron chi connectivity index (χ4n) is 5.78. The first kappa shape index (κ1) is 20.7. The quantitative estimate of drug-likeness (QED) is 0.651. The second kappa shape index (κ2) is 8.78. The molecule has 1 fully saturated rings. The molecule has 0 radical (unpaired) electrons. The third kappa shape index (κ3) is 4.43. The fourth-order valence-corrected chi connectivity index (χ4v) is 5.78. The van der Waals surface area contributed by atoms with Crippen molar-refractivity contribution in [3.8, 4) is 0 Å². The van der Waals surface area contributed by atoms with Gasteiger partial charge in [-0.2, -0.15) is 0 Å². The molecule has 2 unspecified atom stereocenters. The van der Waals surface area contributed by atoms with E-state index in [1.165, 1.54) is 36.9 Å². The number of nitrogens with one attached hydrogen (secondary N) is 1. The number of halogens is 2. The summed E-state index contributed by atoms with van der Waals surface area (Å²) in [7, 11) is 0. The molecule has 3 aliphatic heterocycles. The molecule has 166 valence electrons. The summed E-state index contributed by atoms with van der Waals surface area (Å²) in [5.74, 6) is 0.508. The lowest BCUT2D eigenvalue weighted by Crippen LogP contribution is -2.51. The molecule has 0 aliphatic carbocycles. The first-order valence-electron chi connectivity index (χ1n) is 11.9. The number of likely N-dealkylation sites (tertiary alicyclic amines) is 1. The predicted molar refractivity (Wildman–Crippen MR) is 123 cm³/mol. The zero-order valence-electron chi connectivity index (χ0n) is 18.4. The van der Waals surface area contributed by atoms with Crippen LogP contribution in [0.2, 0.25) is 0 Å². The van der Waals surface area contributed by atoms with E-state index in [1.807, 2.05) is 12.1 Å². The standard InChI is InChI=1S/C26H33F2N3/c1-18-5-8-21-15-23(28)16-24-26(21)31(18)25(29-24)17-30-13-11-20(12-14-30)4-2-3-19-6-9-22(27)10-7-19/h6-7,9-10,15-16,18,20,25,29H,2-5,8,11-14,17H2,1H3. The van der Waals surface area contributed by atoms with Gasteiger partial charge in [0.15, 0.2) is 0 Å². The van der Waals surface area contributed by atoms with Crippen molar-refractivity contribution in [2.75, 3.05) is 29.9 Å². The van der Waals surface area contributed by atoms with Gasteiger partial charge in [0.05, 0.1) is 11.4 Å². The van der Waals surface area contributed by atoms with Crippen LogP contribution in [0.25, 0.3) is 0 Å². The monoisotopic (exact) mass is 425 g/mol. The van der Waals surface area contributed by atoms with Crippen LogP contribution < -0.4 is 10.2 Å². The van der Waals surface area contributed by atoms with Crippen LogP contribution in [-0.2, 0) is 12.8 Å². The summed E-state index contributed by atoms with van der Waals surface area (Å²) in [5, 5.41) is 3.62. The van der Waals surface area contributed by atoms with Gasteiger partial charge in [-0.05, 0) is 99.8 Å². The molecule has 1 N–H and O–H groups in total. The fraction of sp³-hybridized carbons (Fsp3) is 0.538. The Labute approximate surface area is 184 Å². The summed E-state index contributed by atoms with van der Waals surface area (Å²) in [6.45, 7) is 5.56. The highest BCUT2D eigenvalue weighted by Crippen LogP contribution is 2.44. The number of anilines is 2. The van der Waals surface area contributed by atoms with E-state index in [0.717, 1.165) is 56.1 Å². The van der Waals surface area contributed by atoms with Gasteiger partial charge in [0.1, 0.15) is 17.8 Å². The number of rotatable bonds is 6. The summed E-state index contributed by atoms with van der Waals surface area (Å²) in [5.41, 5.74) is 4.60. The summed E-state index contributed by atoms with van der Waals surface area (Å²) in [6, 6.07) is 10.8. The van der Waals surface area contributed by atoms with Gasteiger partial charge in [0, 0.05) is 12.6 Å². The van der Waals surface area contributed by atoms with Crippen molar-refractivity contribution in [3.63, 3.8) is 0 Å². The number of hydrogen-bond donors (Lipinski definition) is 1. The SMILES string of the molecule is CC1CCc2cc(F)cc3c2N1C(CN1CCC(CCCc2ccc(F)cc2)CC1)N3. The van der Waals surface area contributed by atoms with Crippen molar-refractivity contribution in [1.29, 1.82) is 0 Å². The highest BCUT2D eigenvalue weighted by atomic mass is 19.1. The Hall–Kier alpha value is -2.14. The van der Waals surface area contributed by atoms with Gasteiger partial charge in [-0.25, -0.2) is 8.78 Å². The molecule has 2 aromatic carbocycles. The summed E-state index contributed by atoms with van der Waals surface area (Å²) < 4.78 is 27.1. The van der Waals surface area contributed by atoms with Crippen molar-refractivity contribution in [2.24, 2.45) is 5.92 Å². The Bertz CT molecular complexity index is 906. The van der Waals surface area contributed by atoms with Crippen LogP contribution >= 0.6 is 0 Å². The largest absolute Gasteiger partial charge is 0.362 e. The van der Waals surface area contributed by atoms with E-state index < -0.39 is 0 Å². The van der Waals surface area contributed by atoms with E-state index in [4.69, 9.17) is 0 Å². The average molecular weight is 426 g/mol. The van der Waals surface area contributed by atoms with E-state index in [1.54, 1.807) is 24.3 Å². The van der Waals surface area contributed by atoms with Crippen LogP contribution in [0.3, 0.4) is 0 Å². The highest BCUT2D eigenvalue weighted by molar-refractivity contribution is 5.80. The maximum atomic E-state index is 14.0. The molecule has 3 heterocycles. The van der Waals surface area contributed by atoms with Gasteiger partial charge in [-0.15, -0.1) is 0 Å². The number of nitrogens with zero attached hydrogens (tertiary/aromatic N) is 2. The van der Waals surface area contributed by atoms with Crippen LogP contribution in [-0.4, -0.2) is 36.7 Å². The van der Waals surface area contributed by atoms with Crippen molar-refractivity contribution < 1.29 is 8.78 Å². The minimum Gasteiger partial charge on any atom is -0.362 e. The highest BCUT2D eigenvalue weighted by Gasteiger charge is 2.38. The Kier molecular flexibility index (Phi) is 5.87. The minimum atomic E-state index is -0.156. The third-order valence-corrected chi connectivity index (χ3v) is 7.51. The lowest BCUT2D eigenvalue weighted by Gasteiger charge is -2.40. The van der Waals surface area contributed by atoms with E-state index in [2.05, 4.69) is 22.0 Å². The molecule has 5 rings (SSSR count). The Morgan fingerprint density at radius 1 is 1.00 bits per heavy atom. The number of aryl methyl sites for hydroxylation is 2. The van der Waals surface area contributed by atoms with Crippen molar-refractivity contribution >= 4 is 11.4 Å². The molecule has 0 aromatic heterocycles. The van der Waals surface area contributed by atoms with Gasteiger partial charge in [-0.3, -0.25) is 4.90 Å². The first-order valence-corrected chi connectivity index (χ1v) is 11.9. The smallest absolute Gasteiger partial charge is 0.125 e. The lowest BCUT2D eigenvalue weighted by molar-refractivity contribution is 0.170. The maximum Gasteiger partial charge on any atom is 0.125 e. The predicted octanol–water partition coefficient (Wildman–Crippen LogP) is 5.59.